The van der Waals surface area contributed by atoms with Crippen LogP contribution in [0.15, 0.2) is 60.7 Å². The van der Waals surface area contributed by atoms with E-state index < -0.39 is 102 Å². The summed E-state index contributed by atoms with van der Waals surface area (Å²) in [6.07, 6.45) is 2.09. The third-order valence-corrected chi connectivity index (χ3v) is 12.2. The maximum Gasteiger partial charge on any atom is 0.245 e. The van der Waals surface area contributed by atoms with Crippen molar-refractivity contribution in [1.29, 1.82) is 0 Å². The van der Waals surface area contributed by atoms with Gasteiger partial charge in [-0.1, -0.05) is 122 Å². The van der Waals surface area contributed by atoms with Gasteiger partial charge in [-0.15, -0.1) is 0 Å². The first-order valence-corrected chi connectivity index (χ1v) is 23.8. The molecule has 0 spiro atoms. The zero-order valence-electron chi connectivity index (χ0n) is 40.3. The fourth-order valence-corrected chi connectivity index (χ4v) is 8.43. The Morgan fingerprint density at radius 1 is 0.500 bits per heavy atom. The summed E-state index contributed by atoms with van der Waals surface area (Å²) in [5.41, 5.74) is 1.47. The highest BCUT2D eigenvalue weighted by atomic mass is 16.2. The van der Waals surface area contributed by atoms with Crippen molar-refractivity contribution in [3.05, 3.63) is 71.8 Å². The van der Waals surface area contributed by atoms with Gasteiger partial charge in [-0.3, -0.25) is 38.4 Å². The third-order valence-electron chi connectivity index (χ3n) is 12.2. The summed E-state index contributed by atoms with van der Waals surface area (Å²) < 4.78 is 0. The lowest BCUT2D eigenvalue weighted by Gasteiger charge is -2.32. The Morgan fingerprint density at radius 3 is 1.38 bits per heavy atom. The monoisotopic (exact) mass is 915 g/mol. The zero-order chi connectivity index (χ0) is 48.7. The Bertz CT molecular complexity index is 1980. The first kappa shape index (κ1) is 52.8. The second-order valence-corrected chi connectivity index (χ2v) is 19.4. The molecular formula is C50H74N8O8. The molecular weight excluding hydrogens is 841 g/mol. The molecule has 0 saturated carbocycles. The molecule has 2 saturated heterocycles. The minimum Gasteiger partial charge on any atom is -0.343 e. The van der Waals surface area contributed by atoms with E-state index in [0.29, 0.717) is 19.3 Å². The summed E-state index contributed by atoms with van der Waals surface area (Å²) in [5.74, 6) is -5.40. The average molecular weight is 915 g/mol. The third kappa shape index (κ3) is 15.7. The molecule has 2 aromatic rings. The molecule has 2 aromatic carbocycles. The smallest absolute Gasteiger partial charge is 0.245 e. The number of carbonyl (C=O) groups is 8. The van der Waals surface area contributed by atoms with Gasteiger partial charge in [0.2, 0.25) is 47.3 Å². The number of fused-ring (bicyclic) bond motifs is 1. The van der Waals surface area contributed by atoms with Crippen molar-refractivity contribution in [3.8, 4) is 0 Å². The van der Waals surface area contributed by atoms with Crippen molar-refractivity contribution in [2.24, 2.45) is 23.7 Å². The van der Waals surface area contributed by atoms with Crippen LogP contribution < -0.4 is 37.2 Å². The molecule has 2 aliphatic rings. The average Bonchev–Trinajstić information content (AvgIpc) is 3.76. The Balaban J connectivity index is 1.80. The lowest BCUT2D eigenvalue weighted by Crippen LogP contribution is -2.62. The molecule has 2 heterocycles. The fourth-order valence-electron chi connectivity index (χ4n) is 8.43. The van der Waals surface area contributed by atoms with E-state index in [4.69, 9.17) is 0 Å². The second kappa shape index (κ2) is 25.2. The van der Waals surface area contributed by atoms with Gasteiger partial charge in [-0.2, -0.15) is 0 Å². The molecule has 2 aliphatic heterocycles. The number of hydrogen-bond donors (Lipinski definition) is 7. The molecule has 0 aliphatic carbocycles. The number of amides is 8. The molecule has 66 heavy (non-hydrogen) atoms. The molecule has 0 radical (unpaired) electrons. The van der Waals surface area contributed by atoms with E-state index in [1.54, 1.807) is 31.2 Å². The summed E-state index contributed by atoms with van der Waals surface area (Å²) in [7, 11) is 0. The van der Waals surface area contributed by atoms with Crippen LogP contribution in [0.3, 0.4) is 0 Å². The molecule has 8 amide bonds. The van der Waals surface area contributed by atoms with Crippen LogP contribution in [0.25, 0.3) is 0 Å². The molecule has 0 bridgehead atoms. The van der Waals surface area contributed by atoms with Gasteiger partial charge in [-0.05, 0) is 73.8 Å². The Morgan fingerprint density at radius 2 is 0.909 bits per heavy atom. The molecule has 7 N–H and O–H groups in total. The maximum atomic E-state index is 14.5. The Labute approximate surface area is 390 Å². The lowest BCUT2D eigenvalue weighted by atomic mass is 9.96. The van der Waals surface area contributed by atoms with Crippen molar-refractivity contribution in [2.45, 2.75) is 162 Å². The van der Waals surface area contributed by atoms with Crippen molar-refractivity contribution in [3.63, 3.8) is 0 Å². The van der Waals surface area contributed by atoms with Gasteiger partial charge < -0.3 is 42.1 Å². The maximum absolute atomic E-state index is 14.5. The van der Waals surface area contributed by atoms with Gasteiger partial charge in [-0.25, -0.2) is 0 Å². The molecule has 0 unspecified atom stereocenters. The van der Waals surface area contributed by atoms with Crippen molar-refractivity contribution in [2.75, 3.05) is 6.54 Å². The molecule has 2 fully saturated rings. The number of hydrogen-bond acceptors (Lipinski definition) is 8. The van der Waals surface area contributed by atoms with Crippen LogP contribution >= 0.6 is 0 Å². The van der Waals surface area contributed by atoms with E-state index in [2.05, 4.69) is 37.2 Å². The van der Waals surface area contributed by atoms with E-state index in [0.717, 1.165) is 11.1 Å². The number of nitrogens with one attached hydrogen (secondary N) is 7. The summed E-state index contributed by atoms with van der Waals surface area (Å²) in [5, 5.41) is 19.9. The molecule has 4 rings (SSSR count). The molecule has 362 valence electrons. The van der Waals surface area contributed by atoms with E-state index >= 15 is 0 Å². The highest BCUT2D eigenvalue weighted by Crippen LogP contribution is 2.22. The highest BCUT2D eigenvalue weighted by molar-refractivity contribution is 5.99. The minimum atomic E-state index is -1.19. The Hall–Kier alpha value is -5.80. The normalized spacial score (nSPS) is 26.3. The number of benzene rings is 2. The SMILES string of the molecule is CC[C@H](C)[C@@H]1NC(=O)[C@H](C)NC(=O)[C@H](Cc2ccccc2)NC(=O)[C@@H]2CCCN2C(=O)[C@H](CC(C)C)NC(=O)[C@H](CC(C)C)NC(=O)[C@H](CC(C)C)NC(=O)[C@H](Cc2ccccc2)NC1=O. The first-order chi connectivity index (χ1) is 31.3. The standard InChI is InChI=1S/C50H74N8O8/c1-10-32(8)42-49(65)55-39(28-35-20-15-12-16-21-35)47(63)53-36(24-29(2)3)45(61)52-37(25-30(4)5)46(62)56-40(26-31(6)7)50(66)58-23-17-22-41(58)48(64)54-38(27-34-18-13-11-14-19-34)44(60)51-33(9)43(59)57-42/h11-16,18-21,29-33,36-42H,10,17,22-28H2,1-9H3,(H,51,60)(H,52,61)(H,53,63)(H,54,64)(H,55,65)(H,56,62)(H,57,59)/t32-,33-,36-,37-,38-,39-,40-,41-,42-/m0/s1. The van der Waals surface area contributed by atoms with Crippen LogP contribution in [-0.2, 0) is 51.2 Å². The minimum absolute atomic E-state index is 0.0485. The molecule has 16 nitrogen and oxygen atoms in total. The number of nitrogens with zero attached hydrogens (tertiary/aromatic N) is 1. The molecule has 16 heteroatoms. The highest BCUT2D eigenvalue weighted by Gasteiger charge is 2.41. The van der Waals surface area contributed by atoms with Crippen LogP contribution in [0, 0.1) is 23.7 Å². The van der Waals surface area contributed by atoms with Crippen LogP contribution in [-0.4, -0.2) is 107 Å². The first-order valence-electron chi connectivity index (χ1n) is 23.8. The van der Waals surface area contributed by atoms with E-state index in [-0.39, 0.29) is 56.4 Å². The van der Waals surface area contributed by atoms with Crippen molar-refractivity contribution < 1.29 is 38.4 Å². The van der Waals surface area contributed by atoms with E-state index in [9.17, 15) is 38.4 Å². The van der Waals surface area contributed by atoms with Gasteiger partial charge in [0.25, 0.3) is 0 Å². The fraction of sp³-hybridized carbons (Fsp3) is 0.600. The van der Waals surface area contributed by atoms with Crippen LogP contribution in [0.4, 0.5) is 0 Å². The number of rotatable bonds is 12. The lowest BCUT2D eigenvalue weighted by molar-refractivity contribution is -0.143. The van der Waals surface area contributed by atoms with Crippen LogP contribution in [0.2, 0.25) is 0 Å². The van der Waals surface area contributed by atoms with Gasteiger partial charge in [0.1, 0.15) is 48.3 Å². The van der Waals surface area contributed by atoms with E-state index in [1.165, 1.54) is 11.8 Å². The molecule has 9 atom stereocenters. The van der Waals surface area contributed by atoms with Gasteiger partial charge in [0.05, 0.1) is 0 Å². The van der Waals surface area contributed by atoms with Crippen molar-refractivity contribution >= 4 is 47.3 Å². The van der Waals surface area contributed by atoms with Crippen LogP contribution in [0.5, 0.6) is 0 Å². The van der Waals surface area contributed by atoms with Crippen LogP contribution in [0.1, 0.15) is 112 Å². The molecule has 0 aromatic heterocycles. The predicted octanol–water partition coefficient (Wildman–Crippen LogP) is 3.07. The van der Waals surface area contributed by atoms with Gasteiger partial charge >= 0.3 is 0 Å². The van der Waals surface area contributed by atoms with Gasteiger partial charge in [0.15, 0.2) is 0 Å². The van der Waals surface area contributed by atoms with Crippen molar-refractivity contribution in [1.82, 2.24) is 42.1 Å². The van der Waals surface area contributed by atoms with E-state index in [1.807, 2.05) is 84.9 Å². The predicted molar refractivity (Wildman–Crippen MR) is 252 cm³/mol. The largest absolute Gasteiger partial charge is 0.343 e. The quantitative estimate of drug-likeness (QED) is 0.167. The Kier molecular flexibility index (Phi) is 20.2. The van der Waals surface area contributed by atoms with Gasteiger partial charge in [0, 0.05) is 19.4 Å². The summed E-state index contributed by atoms with van der Waals surface area (Å²) in [6.45, 7) is 16.8. The summed E-state index contributed by atoms with van der Waals surface area (Å²) in [4.78, 5) is 116. The topological polar surface area (TPSA) is 224 Å². The number of carbonyl (C=O) groups excluding carboxylic acids is 8. The zero-order valence-corrected chi connectivity index (χ0v) is 40.3. The second-order valence-electron chi connectivity index (χ2n) is 19.4. The summed E-state index contributed by atoms with van der Waals surface area (Å²) >= 11 is 0. The summed E-state index contributed by atoms with van der Waals surface area (Å²) in [6, 6.07) is 9.28.